The second-order valence-electron chi connectivity index (χ2n) is 27.2. The summed E-state index contributed by atoms with van der Waals surface area (Å²) in [5.41, 5.74) is 0. The molecule has 0 aromatic rings. The third kappa shape index (κ3) is 54.4. The highest BCUT2D eigenvalue weighted by Gasteiger charge is 2.44. The summed E-state index contributed by atoms with van der Waals surface area (Å²) in [6.45, 7) is 3.90. The molecule has 0 saturated carbocycles. The van der Waals surface area contributed by atoms with Gasteiger partial charge in [-0.2, -0.15) is 0 Å². The molecule has 1 fully saturated rings. The summed E-state index contributed by atoms with van der Waals surface area (Å²) in [6, 6.07) is -0.716. The molecule has 0 aromatic carbocycles. The summed E-state index contributed by atoms with van der Waals surface area (Å²) in [6.07, 6.45) is 78.9. The molecule has 1 saturated heterocycles. The molecule has 7 atom stereocenters. The Balaban J connectivity index is 2.01. The Bertz CT molecular complexity index is 1350. The lowest BCUT2D eigenvalue weighted by Gasteiger charge is -2.40. The van der Waals surface area contributed by atoms with Crippen LogP contribution in [0.3, 0.4) is 0 Å². The fourth-order valence-corrected chi connectivity index (χ4v) is 12.9. The van der Waals surface area contributed by atoms with E-state index in [1.807, 2.05) is 0 Å². The first-order valence-electron chi connectivity index (χ1n) is 38.4. The number of allylic oxidation sites excluding steroid dienone is 2. The van der Waals surface area contributed by atoms with E-state index in [1.54, 1.807) is 0 Å². The van der Waals surface area contributed by atoms with Crippen LogP contribution in [0.25, 0.3) is 0 Å². The minimum Gasteiger partial charge on any atom is -0.394 e. The van der Waals surface area contributed by atoms with Crippen LogP contribution in [0, 0.1) is 0 Å². The van der Waals surface area contributed by atoms with E-state index in [-0.39, 0.29) is 12.5 Å². The molecule has 0 aromatic heterocycles. The molecule has 9 heteroatoms. The molecule has 506 valence electrons. The molecule has 0 bridgehead atoms. The van der Waals surface area contributed by atoms with E-state index in [2.05, 4.69) is 31.3 Å². The number of hydrogen-bond donors (Lipinski definition) is 6. The number of unbranched alkanes of at least 4 members (excludes halogenated alkanes) is 57. The molecule has 7 unspecified atom stereocenters. The highest BCUT2D eigenvalue weighted by Crippen LogP contribution is 2.24. The van der Waals surface area contributed by atoms with Crippen LogP contribution in [0.5, 0.6) is 0 Å². The maximum atomic E-state index is 13.2. The molecule has 1 rings (SSSR count). The van der Waals surface area contributed by atoms with Crippen molar-refractivity contribution in [3.63, 3.8) is 0 Å². The molecule has 0 aliphatic carbocycles. The molecule has 1 aliphatic rings. The van der Waals surface area contributed by atoms with Gasteiger partial charge in [-0.15, -0.1) is 0 Å². The number of aliphatic hydroxyl groups excluding tert-OH is 5. The summed E-state index contributed by atoms with van der Waals surface area (Å²) in [4.78, 5) is 13.2. The van der Waals surface area contributed by atoms with Gasteiger partial charge in [0.25, 0.3) is 0 Å². The standard InChI is InChI=1S/C76H149NO8/c1-3-5-7-9-11-13-15-17-19-21-23-25-26-27-28-29-30-31-32-33-34-35-36-37-38-39-40-41-42-43-44-46-48-50-52-54-56-58-60-62-64-66-72(80)77-69(68-84-76-75(83)74(82)73(81)71(67-78)85-76)70(79)65-63-61-59-57-55-53-51-49-47-45-24-22-20-18-16-14-12-10-8-6-4-2/h21,23,69-71,73-76,78-79,81-83H,3-20,22,24-68H2,1-2H3,(H,77,80)/b23-21-. The van der Waals surface area contributed by atoms with E-state index in [4.69, 9.17) is 9.47 Å². The Kier molecular flexibility index (Phi) is 63.5. The van der Waals surface area contributed by atoms with Gasteiger partial charge < -0.3 is 40.3 Å². The summed E-state index contributed by atoms with van der Waals surface area (Å²) < 4.78 is 11.4. The van der Waals surface area contributed by atoms with Crippen molar-refractivity contribution in [1.82, 2.24) is 5.32 Å². The van der Waals surface area contributed by atoms with Gasteiger partial charge in [-0.1, -0.05) is 379 Å². The number of rotatable bonds is 69. The van der Waals surface area contributed by atoms with Gasteiger partial charge in [0, 0.05) is 6.42 Å². The number of carbonyl (C=O) groups excluding carboxylic acids is 1. The second kappa shape index (κ2) is 65.9. The van der Waals surface area contributed by atoms with Crippen molar-refractivity contribution in [2.24, 2.45) is 0 Å². The van der Waals surface area contributed by atoms with Gasteiger partial charge in [0.1, 0.15) is 24.4 Å². The number of amides is 1. The van der Waals surface area contributed by atoms with Crippen LogP contribution in [-0.2, 0) is 14.3 Å². The average molecular weight is 1210 g/mol. The van der Waals surface area contributed by atoms with E-state index < -0.39 is 49.5 Å². The third-order valence-corrected chi connectivity index (χ3v) is 18.9. The van der Waals surface area contributed by atoms with E-state index in [9.17, 15) is 30.3 Å². The zero-order valence-corrected chi connectivity index (χ0v) is 56.9. The molecule has 0 spiro atoms. The molecule has 0 radical (unpaired) electrons. The molecule has 85 heavy (non-hydrogen) atoms. The van der Waals surface area contributed by atoms with Crippen molar-refractivity contribution in [3.8, 4) is 0 Å². The Hall–Kier alpha value is -1.07. The van der Waals surface area contributed by atoms with Crippen molar-refractivity contribution in [3.05, 3.63) is 12.2 Å². The molecular formula is C76H149NO8. The Labute approximate surface area is 528 Å². The third-order valence-electron chi connectivity index (χ3n) is 18.9. The zero-order valence-electron chi connectivity index (χ0n) is 56.9. The maximum absolute atomic E-state index is 13.2. The smallest absolute Gasteiger partial charge is 0.220 e. The minimum atomic E-state index is -1.55. The van der Waals surface area contributed by atoms with Gasteiger partial charge in [0.05, 0.1) is 25.4 Å². The van der Waals surface area contributed by atoms with Crippen molar-refractivity contribution in [2.45, 2.75) is 455 Å². The van der Waals surface area contributed by atoms with Gasteiger partial charge in [-0.3, -0.25) is 4.79 Å². The van der Waals surface area contributed by atoms with Crippen LogP contribution < -0.4 is 5.32 Å². The predicted octanol–water partition coefficient (Wildman–Crippen LogP) is 21.4. The van der Waals surface area contributed by atoms with Gasteiger partial charge in [0.15, 0.2) is 6.29 Å². The highest BCUT2D eigenvalue weighted by molar-refractivity contribution is 5.76. The predicted molar refractivity (Wildman–Crippen MR) is 364 cm³/mol. The lowest BCUT2D eigenvalue weighted by atomic mass is 9.99. The second-order valence-corrected chi connectivity index (χ2v) is 27.2. The van der Waals surface area contributed by atoms with E-state index in [0.717, 1.165) is 38.5 Å². The Morgan fingerprint density at radius 3 is 0.953 bits per heavy atom. The normalized spacial score (nSPS) is 18.0. The lowest BCUT2D eigenvalue weighted by Crippen LogP contribution is -2.60. The largest absolute Gasteiger partial charge is 0.394 e. The average Bonchev–Trinajstić information content (AvgIpc) is 3.68. The number of nitrogens with one attached hydrogen (secondary N) is 1. The van der Waals surface area contributed by atoms with Crippen LogP contribution in [0.1, 0.15) is 412 Å². The first-order valence-corrected chi connectivity index (χ1v) is 38.4. The molecular weight excluding hydrogens is 1050 g/mol. The number of hydrogen-bond acceptors (Lipinski definition) is 8. The fraction of sp³-hybridized carbons (Fsp3) is 0.961. The summed E-state index contributed by atoms with van der Waals surface area (Å²) in [5, 5.41) is 55.0. The monoisotopic (exact) mass is 1200 g/mol. The lowest BCUT2D eigenvalue weighted by molar-refractivity contribution is -0.302. The molecule has 1 amide bonds. The molecule has 1 heterocycles. The number of carbonyl (C=O) groups is 1. The van der Waals surface area contributed by atoms with Crippen LogP contribution in [0.15, 0.2) is 12.2 Å². The zero-order chi connectivity index (χ0) is 61.4. The van der Waals surface area contributed by atoms with E-state index in [1.165, 1.54) is 347 Å². The first kappa shape index (κ1) is 81.9. The minimum absolute atomic E-state index is 0.131. The molecule has 9 nitrogen and oxygen atoms in total. The van der Waals surface area contributed by atoms with E-state index in [0.29, 0.717) is 12.8 Å². The molecule has 6 N–H and O–H groups in total. The van der Waals surface area contributed by atoms with Crippen molar-refractivity contribution in [2.75, 3.05) is 13.2 Å². The topological polar surface area (TPSA) is 149 Å². The quantitative estimate of drug-likeness (QED) is 0.0261. The van der Waals surface area contributed by atoms with Crippen LogP contribution >= 0.6 is 0 Å². The van der Waals surface area contributed by atoms with Crippen molar-refractivity contribution >= 4 is 5.91 Å². The first-order chi connectivity index (χ1) is 41.8. The SMILES string of the molecule is CCCCCCCCCC/C=C\CCCCCCCCCCCCCCCCCCCCCCCCCCCCCCCC(=O)NC(COC1OC(CO)C(O)C(O)C1O)C(O)CCCCCCCCCCCCCCCCCCCCCCC. The Morgan fingerprint density at radius 1 is 0.388 bits per heavy atom. The van der Waals surface area contributed by atoms with Gasteiger partial charge >= 0.3 is 0 Å². The Morgan fingerprint density at radius 2 is 0.659 bits per heavy atom. The van der Waals surface area contributed by atoms with Gasteiger partial charge in [-0.05, 0) is 38.5 Å². The van der Waals surface area contributed by atoms with Crippen LogP contribution in [0.4, 0.5) is 0 Å². The van der Waals surface area contributed by atoms with Crippen molar-refractivity contribution < 1.29 is 39.8 Å². The number of ether oxygens (including phenoxy) is 2. The fourth-order valence-electron chi connectivity index (χ4n) is 12.9. The summed E-state index contributed by atoms with van der Waals surface area (Å²) in [5.74, 6) is -0.133. The summed E-state index contributed by atoms with van der Waals surface area (Å²) in [7, 11) is 0. The van der Waals surface area contributed by atoms with E-state index >= 15 is 0 Å². The van der Waals surface area contributed by atoms with Crippen molar-refractivity contribution in [1.29, 1.82) is 0 Å². The summed E-state index contributed by atoms with van der Waals surface area (Å²) >= 11 is 0. The van der Waals surface area contributed by atoms with Crippen LogP contribution in [0.2, 0.25) is 0 Å². The maximum Gasteiger partial charge on any atom is 0.220 e. The highest BCUT2D eigenvalue weighted by atomic mass is 16.7. The van der Waals surface area contributed by atoms with Gasteiger partial charge in [-0.25, -0.2) is 0 Å². The van der Waals surface area contributed by atoms with Crippen LogP contribution in [-0.4, -0.2) is 87.5 Å². The van der Waals surface area contributed by atoms with Gasteiger partial charge in [0.2, 0.25) is 5.91 Å². The molecule has 1 aliphatic heterocycles. The number of aliphatic hydroxyl groups is 5.